The third-order valence-corrected chi connectivity index (χ3v) is 6.20. The molecule has 0 unspecified atom stereocenters. The number of nitriles is 1. The molecular weight excluding hydrogens is 482 g/mol. The van der Waals surface area contributed by atoms with E-state index in [0.29, 0.717) is 11.5 Å². The Morgan fingerprint density at radius 2 is 1.76 bits per heavy atom. The highest BCUT2D eigenvalue weighted by Crippen LogP contribution is 2.27. The van der Waals surface area contributed by atoms with Crippen LogP contribution in [0.3, 0.4) is 0 Å². The lowest BCUT2D eigenvalue weighted by Gasteiger charge is -2.12. The first-order valence-corrected chi connectivity index (χ1v) is 11.6. The second-order valence-electron chi connectivity index (χ2n) is 8.52. The largest absolute Gasteiger partial charge is 0.305 e. The fourth-order valence-electron chi connectivity index (χ4n) is 4.31. The molecule has 0 aliphatic carbocycles. The molecule has 2 aromatic carbocycles. The second-order valence-corrected chi connectivity index (χ2v) is 8.52. The number of aromatic nitrogens is 4. The molecule has 1 aliphatic rings. The highest BCUT2D eigenvalue weighted by atomic mass is 16.2. The first-order chi connectivity index (χ1) is 18.5. The number of amides is 3. The van der Waals surface area contributed by atoms with E-state index in [0.717, 1.165) is 15.8 Å². The Morgan fingerprint density at radius 3 is 2.58 bits per heavy atom. The van der Waals surface area contributed by atoms with E-state index in [2.05, 4.69) is 20.4 Å². The highest BCUT2D eigenvalue weighted by molar-refractivity contribution is 6.22. The Kier molecular flexibility index (Phi) is 5.43. The number of nitrogens with zero attached hydrogens (tertiary/aromatic N) is 6. The minimum atomic E-state index is -0.574. The van der Waals surface area contributed by atoms with Crippen molar-refractivity contribution >= 4 is 34.4 Å². The van der Waals surface area contributed by atoms with Crippen LogP contribution >= 0.6 is 0 Å². The number of anilines is 1. The number of hydrogen-bond acceptors (Lipinski definition) is 7. The minimum absolute atomic E-state index is 0.0260. The summed E-state index contributed by atoms with van der Waals surface area (Å²) in [6, 6.07) is 22.7. The van der Waals surface area contributed by atoms with Crippen LogP contribution in [0.2, 0.25) is 0 Å². The van der Waals surface area contributed by atoms with Crippen LogP contribution in [-0.2, 0) is 6.54 Å². The molecule has 5 aromatic rings. The summed E-state index contributed by atoms with van der Waals surface area (Å²) in [5.74, 6) is -0.973. The van der Waals surface area contributed by atoms with Crippen LogP contribution in [0.25, 0.3) is 16.7 Å². The molecule has 10 nitrogen and oxygen atoms in total. The standard InChI is InChI=1S/C28H17N7O3/c29-14-19-15-31-35(24-11-9-17-5-1-2-7-23(17)32-24)25(19)33-26(36)18-8-10-21-22(13-18)28(38)34(27(21)37)16-20-6-3-4-12-30-20/h1-13,15H,16H2,(H,33,36). The molecule has 3 amide bonds. The Labute approximate surface area is 215 Å². The van der Waals surface area contributed by atoms with E-state index in [1.807, 2.05) is 36.4 Å². The maximum Gasteiger partial charge on any atom is 0.261 e. The maximum absolute atomic E-state index is 13.2. The Balaban J connectivity index is 1.29. The van der Waals surface area contributed by atoms with Crippen molar-refractivity contribution in [2.75, 3.05) is 5.32 Å². The van der Waals surface area contributed by atoms with Gasteiger partial charge in [-0.15, -0.1) is 0 Å². The van der Waals surface area contributed by atoms with Gasteiger partial charge in [-0.05, 0) is 48.5 Å². The Bertz CT molecular complexity index is 1800. The number of carbonyl (C=O) groups is 3. The maximum atomic E-state index is 13.2. The topological polar surface area (TPSA) is 134 Å². The predicted molar refractivity (Wildman–Crippen MR) is 136 cm³/mol. The smallest absolute Gasteiger partial charge is 0.261 e. The summed E-state index contributed by atoms with van der Waals surface area (Å²) < 4.78 is 1.37. The van der Waals surface area contributed by atoms with Gasteiger partial charge in [-0.2, -0.15) is 15.0 Å². The summed E-state index contributed by atoms with van der Waals surface area (Å²) in [5, 5.41) is 17.5. The molecule has 0 atom stereocenters. The zero-order valence-corrected chi connectivity index (χ0v) is 19.7. The number of para-hydroxylation sites is 1. The average molecular weight is 499 g/mol. The summed E-state index contributed by atoms with van der Waals surface area (Å²) in [4.78, 5) is 49.0. The summed E-state index contributed by atoms with van der Waals surface area (Å²) in [5.41, 5.74) is 1.93. The number of benzene rings is 2. The summed E-state index contributed by atoms with van der Waals surface area (Å²) in [7, 11) is 0. The van der Waals surface area contributed by atoms with Crippen molar-refractivity contribution in [3.63, 3.8) is 0 Å². The summed E-state index contributed by atoms with van der Waals surface area (Å²) in [6.45, 7) is 0.0260. The lowest BCUT2D eigenvalue weighted by molar-refractivity contribution is 0.0640. The van der Waals surface area contributed by atoms with Gasteiger partial charge in [-0.3, -0.25) is 24.3 Å². The van der Waals surface area contributed by atoms with Crippen molar-refractivity contribution in [1.82, 2.24) is 24.6 Å². The molecule has 10 heteroatoms. The third kappa shape index (κ3) is 3.84. The molecule has 0 radical (unpaired) electrons. The Hall–Kier alpha value is -5.69. The summed E-state index contributed by atoms with van der Waals surface area (Å²) >= 11 is 0. The van der Waals surface area contributed by atoms with Crippen molar-refractivity contribution < 1.29 is 14.4 Å². The van der Waals surface area contributed by atoms with Gasteiger partial charge >= 0.3 is 0 Å². The van der Waals surface area contributed by atoms with E-state index in [1.165, 1.54) is 29.1 Å². The zero-order valence-electron chi connectivity index (χ0n) is 19.7. The van der Waals surface area contributed by atoms with Crippen LogP contribution < -0.4 is 5.32 Å². The van der Waals surface area contributed by atoms with Gasteiger partial charge in [0.25, 0.3) is 17.7 Å². The molecule has 38 heavy (non-hydrogen) atoms. The lowest BCUT2D eigenvalue weighted by Crippen LogP contribution is -2.29. The number of nitrogens with one attached hydrogen (secondary N) is 1. The molecule has 6 rings (SSSR count). The van der Waals surface area contributed by atoms with E-state index in [9.17, 15) is 19.6 Å². The fraction of sp³-hybridized carbons (Fsp3) is 0.0357. The van der Waals surface area contributed by atoms with Gasteiger partial charge < -0.3 is 5.32 Å². The van der Waals surface area contributed by atoms with Crippen LogP contribution in [0.15, 0.2) is 85.2 Å². The van der Waals surface area contributed by atoms with E-state index in [1.54, 1.807) is 30.5 Å². The molecule has 0 saturated carbocycles. The molecule has 1 aliphatic heterocycles. The van der Waals surface area contributed by atoms with Gasteiger partial charge in [0.05, 0.1) is 35.1 Å². The van der Waals surface area contributed by atoms with Crippen LogP contribution in [0, 0.1) is 11.3 Å². The summed E-state index contributed by atoms with van der Waals surface area (Å²) in [6.07, 6.45) is 2.93. The number of hydrogen-bond donors (Lipinski definition) is 1. The van der Waals surface area contributed by atoms with Crippen LogP contribution in [0.4, 0.5) is 5.82 Å². The van der Waals surface area contributed by atoms with Crippen molar-refractivity contribution in [1.29, 1.82) is 5.26 Å². The first kappa shape index (κ1) is 22.8. The van der Waals surface area contributed by atoms with E-state index in [4.69, 9.17) is 0 Å². The van der Waals surface area contributed by atoms with Gasteiger partial charge in [0.2, 0.25) is 0 Å². The predicted octanol–water partition coefficient (Wildman–Crippen LogP) is 3.74. The highest BCUT2D eigenvalue weighted by Gasteiger charge is 2.36. The van der Waals surface area contributed by atoms with Crippen LogP contribution in [0.1, 0.15) is 42.3 Å². The molecule has 0 spiro atoms. The number of pyridine rings is 2. The molecule has 3 aromatic heterocycles. The van der Waals surface area contributed by atoms with Gasteiger partial charge in [0.1, 0.15) is 11.6 Å². The molecule has 182 valence electrons. The van der Waals surface area contributed by atoms with Crippen LogP contribution in [0.5, 0.6) is 0 Å². The van der Waals surface area contributed by atoms with E-state index < -0.39 is 17.7 Å². The van der Waals surface area contributed by atoms with Crippen molar-refractivity contribution in [2.45, 2.75) is 6.54 Å². The molecule has 0 bridgehead atoms. The number of imide groups is 1. The third-order valence-electron chi connectivity index (χ3n) is 6.20. The fourth-order valence-corrected chi connectivity index (χ4v) is 4.31. The van der Waals surface area contributed by atoms with Crippen molar-refractivity contribution in [3.8, 4) is 11.9 Å². The minimum Gasteiger partial charge on any atom is -0.305 e. The second kappa shape index (κ2) is 9.07. The number of fused-ring (bicyclic) bond motifs is 2. The Morgan fingerprint density at radius 1 is 0.947 bits per heavy atom. The molecule has 0 saturated heterocycles. The number of rotatable bonds is 5. The van der Waals surface area contributed by atoms with E-state index >= 15 is 0 Å². The van der Waals surface area contributed by atoms with Gasteiger partial charge in [-0.25, -0.2) is 4.98 Å². The normalized spacial score (nSPS) is 12.4. The van der Waals surface area contributed by atoms with Crippen LogP contribution in [-0.4, -0.2) is 42.4 Å². The quantitative estimate of drug-likeness (QED) is 0.364. The van der Waals surface area contributed by atoms with Gasteiger partial charge in [0, 0.05) is 17.1 Å². The van der Waals surface area contributed by atoms with Crippen molar-refractivity contribution in [3.05, 3.63) is 113 Å². The molecule has 0 fully saturated rings. The SMILES string of the molecule is N#Cc1cnn(-c2ccc3ccccc3n2)c1NC(=O)c1ccc2c(c1)C(=O)N(Cc1ccccn1)C2=O. The van der Waals surface area contributed by atoms with E-state index in [-0.39, 0.29) is 34.6 Å². The lowest BCUT2D eigenvalue weighted by atomic mass is 10.1. The van der Waals surface area contributed by atoms with Gasteiger partial charge in [-0.1, -0.05) is 24.3 Å². The average Bonchev–Trinajstić information content (AvgIpc) is 3.47. The first-order valence-electron chi connectivity index (χ1n) is 11.6. The van der Waals surface area contributed by atoms with Crippen molar-refractivity contribution in [2.24, 2.45) is 0 Å². The van der Waals surface area contributed by atoms with Gasteiger partial charge in [0.15, 0.2) is 11.6 Å². The number of carbonyl (C=O) groups excluding carboxylic acids is 3. The molecular formula is C28H17N7O3. The monoisotopic (exact) mass is 499 g/mol. The zero-order chi connectivity index (χ0) is 26.2. The molecule has 4 heterocycles. The molecule has 1 N–H and O–H groups in total.